The number of nitrogens with zero attached hydrogens (tertiary/aromatic N) is 2. The van der Waals surface area contributed by atoms with Crippen LogP contribution in [-0.4, -0.2) is 35.4 Å². The lowest BCUT2D eigenvalue weighted by Crippen LogP contribution is -2.36. The molecule has 1 unspecified atom stereocenters. The number of aromatic nitrogens is 1. The van der Waals surface area contributed by atoms with Gasteiger partial charge in [0, 0.05) is 29.1 Å². The number of likely N-dealkylation sites (tertiary alicyclic amines) is 1. The molecule has 0 saturated carbocycles. The summed E-state index contributed by atoms with van der Waals surface area (Å²) in [4.78, 5) is 20.3. The van der Waals surface area contributed by atoms with E-state index in [1.54, 1.807) is 23.5 Å². The Labute approximate surface area is 212 Å². The minimum atomic E-state index is -0.280. The number of benzene rings is 2. The van der Waals surface area contributed by atoms with Gasteiger partial charge in [0.1, 0.15) is 11.5 Å². The molecule has 1 saturated heterocycles. The van der Waals surface area contributed by atoms with Gasteiger partial charge < -0.3 is 10.2 Å². The van der Waals surface area contributed by atoms with Crippen molar-refractivity contribution in [1.82, 2.24) is 9.88 Å². The molecule has 0 bridgehead atoms. The first-order valence-electron chi connectivity index (χ1n) is 12.9. The molecule has 1 aliphatic heterocycles. The highest BCUT2D eigenvalue weighted by Gasteiger charge is 2.25. The molecule has 2 aromatic carbocycles. The zero-order valence-corrected chi connectivity index (χ0v) is 21.6. The smallest absolute Gasteiger partial charge is 0.275 e. The predicted molar refractivity (Wildman–Crippen MR) is 144 cm³/mol. The van der Waals surface area contributed by atoms with Crippen LogP contribution < -0.4 is 5.32 Å². The molecule has 186 valence electrons. The maximum Gasteiger partial charge on any atom is 0.275 e. The molecular weight excluding hydrogens is 457 g/mol. The van der Waals surface area contributed by atoms with Crippen LogP contribution in [-0.2, 0) is 0 Å². The molecule has 1 fully saturated rings. The van der Waals surface area contributed by atoms with E-state index in [9.17, 15) is 9.18 Å². The summed E-state index contributed by atoms with van der Waals surface area (Å²) < 4.78 is 13.3. The highest BCUT2D eigenvalue weighted by molar-refractivity contribution is 7.10. The molecule has 1 aromatic heterocycles. The van der Waals surface area contributed by atoms with Crippen molar-refractivity contribution in [1.29, 1.82) is 0 Å². The molecule has 4 rings (SSSR count). The highest BCUT2D eigenvalue weighted by atomic mass is 32.1. The number of carbonyl (C=O) groups is 1. The summed E-state index contributed by atoms with van der Waals surface area (Å²) in [5, 5.41) is 5.95. The Morgan fingerprint density at radius 3 is 2.60 bits per heavy atom. The van der Waals surface area contributed by atoms with Crippen LogP contribution in [0.15, 0.2) is 53.9 Å². The van der Waals surface area contributed by atoms with E-state index in [0.717, 1.165) is 48.0 Å². The number of rotatable bonds is 10. The van der Waals surface area contributed by atoms with Crippen LogP contribution in [0.2, 0.25) is 0 Å². The second-order valence-corrected chi connectivity index (χ2v) is 10.5. The van der Waals surface area contributed by atoms with Crippen LogP contribution >= 0.6 is 11.3 Å². The number of piperidine rings is 1. The third-order valence-corrected chi connectivity index (χ3v) is 8.09. The van der Waals surface area contributed by atoms with Crippen molar-refractivity contribution in [3.8, 4) is 11.1 Å². The third kappa shape index (κ3) is 6.77. The van der Waals surface area contributed by atoms with E-state index < -0.39 is 0 Å². The average molecular weight is 494 g/mol. The average Bonchev–Trinajstić information content (AvgIpc) is 3.38. The number of carbonyl (C=O) groups excluding carboxylic acids is 1. The lowest BCUT2D eigenvalue weighted by molar-refractivity contribution is 0.102. The SMILES string of the molecule is CCCCC(CC)CN1CCC(c2nc(C(=O)Nc3ccccc3-c3ccc(F)cc3)cs2)CC1. The van der Waals surface area contributed by atoms with Crippen molar-refractivity contribution in [3.05, 3.63) is 70.4 Å². The van der Waals surface area contributed by atoms with E-state index in [2.05, 4.69) is 24.1 Å². The van der Waals surface area contributed by atoms with E-state index in [1.165, 1.54) is 44.4 Å². The van der Waals surface area contributed by atoms with Gasteiger partial charge in [0.2, 0.25) is 0 Å². The summed E-state index contributed by atoms with van der Waals surface area (Å²) in [6.07, 6.45) is 7.40. The Kier molecular flexibility index (Phi) is 9.05. The maximum absolute atomic E-state index is 13.3. The van der Waals surface area contributed by atoms with Gasteiger partial charge in [0.15, 0.2) is 0 Å². The van der Waals surface area contributed by atoms with Gasteiger partial charge in [0.25, 0.3) is 5.91 Å². The van der Waals surface area contributed by atoms with Crippen molar-refractivity contribution in [2.75, 3.05) is 25.0 Å². The fourth-order valence-electron chi connectivity index (χ4n) is 4.88. The molecule has 0 radical (unpaired) electrons. The summed E-state index contributed by atoms with van der Waals surface area (Å²) in [6.45, 7) is 8.01. The van der Waals surface area contributed by atoms with Crippen LogP contribution in [0.5, 0.6) is 0 Å². The molecule has 1 amide bonds. The van der Waals surface area contributed by atoms with E-state index in [0.29, 0.717) is 17.3 Å². The normalized spacial score (nSPS) is 15.7. The summed E-state index contributed by atoms with van der Waals surface area (Å²) in [7, 11) is 0. The maximum atomic E-state index is 13.3. The van der Waals surface area contributed by atoms with Crippen LogP contribution in [0.1, 0.15) is 73.8 Å². The zero-order valence-electron chi connectivity index (χ0n) is 20.8. The molecule has 3 aromatic rings. The Hall–Kier alpha value is -2.57. The largest absolute Gasteiger partial charge is 0.320 e. The van der Waals surface area contributed by atoms with Crippen LogP contribution in [0, 0.1) is 11.7 Å². The van der Waals surface area contributed by atoms with Gasteiger partial charge in [-0.05, 0) is 62.0 Å². The van der Waals surface area contributed by atoms with Gasteiger partial charge in [-0.25, -0.2) is 9.37 Å². The quantitative estimate of drug-likeness (QED) is 0.316. The first-order chi connectivity index (χ1) is 17.1. The fourth-order valence-corrected chi connectivity index (χ4v) is 5.86. The van der Waals surface area contributed by atoms with Crippen molar-refractivity contribution in [3.63, 3.8) is 0 Å². The molecule has 1 aliphatic rings. The van der Waals surface area contributed by atoms with E-state index >= 15 is 0 Å². The summed E-state index contributed by atoms with van der Waals surface area (Å²) >= 11 is 1.60. The number of halogens is 1. The van der Waals surface area contributed by atoms with Crippen molar-refractivity contribution in [2.45, 2.75) is 58.3 Å². The predicted octanol–water partition coefficient (Wildman–Crippen LogP) is 7.60. The number of nitrogens with one attached hydrogen (secondary N) is 1. The molecule has 1 atom stereocenters. The van der Waals surface area contributed by atoms with Crippen molar-refractivity contribution >= 4 is 22.9 Å². The van der Waals surface area contributed by atoms with Gasteiger partial charge in [-0.2, -0.15) is 0 Å². The standard InChI is InChI=1S/C29H36FN3OS/c1-3-5-8-21(4-2)19-33-17-15-23(16-18-33)29-32-27(20-35-29)28(34)31-26-10-7-6-9-25(26)22-11-13-24(30)14-12-22/h6-7,9-14,20-21,23H,3-5,8,15-19H2,1-2H3,(H,31,34). The first kappa shape index (κ1) is 25.5. The zero-order chi connectivity index (χ0) is 24.6. The van der Waals surface area contributed by atoms with Gasteiger partial charge in [-0.15, -0.1) is 11.3 Å². The molecule has 0 spiro atoms. The van der Waals surface area contributed by atoms with E-state index in [4.69, 9.17) is 4.98 Å². The molecule has 6 heteroatoms. The number of thiazole rings is 1. The van der Waals surface area contributed by atoms with Crippen LogP contribution in [0.4, 0.5) is 10.1 Å². The second-order valence-electron chi connectivity index (χ2n) is 9.57. The number of para-hydroxylation sites is 1. The van der Waals surface area contributed by atoms with E-state index in [-0.39, 0.29) is 11.7 Å². The summed E-state index contributed by atoms with van der Waals surface area (Å²) in [5.41, 5.74) is 2.87. The van der Waals surface area contributed by atoms with Crippen LogP contribution in [0.3, 0.4) is 0 Å². The number of hydrogen-bond acceptors (Lipinski definition) is 4. The van der Waals surface area contributed by atoms with Gasteiger partial charge in [0.05, 0.1) is 5.01 Å². The number of amides is 1. The molecule has 1 N–H and O–H groups in total. The Morgan fingerprint density at radius 2 is 1.89 bits per heavy atom. The molecule has 4 nitrogen and oxygen atoms in total. The Bertz CT molecular complexity index is 1090. The number of unbranched alkanes of at least 4 members (excludes halogenated alkanes) is 1. The highest BCUT2D eigenvalue weighted by Crippen LogP contribution is 2.32. The topological polar surface area (TPSA) is 45.2 Å². The molecule has 2 heterocycles. The molecule has 35 heavy (non-hydrogen) atoms. The van der Waals surface area contributed by atoms with Gasteiger partial charge >= 0.3 is 0 Å². The molecular formula is C29H36FN3OS. The fraction of sp³-hybridized carbons (Fsp3) is 0.448. The third-order valence-electron chi connectivity index (χ3n) is 7.08. The van der Waals surface area contributed by atoms with Crippen molar-refractivity contribution in [2.24, 2.45) is 5.92 Å². The summed E-state index contributed by atoms with van der Waals surface area (Å²) in [5.74, 6) is 0.749. The first-order valence-corrected chi connectivity index (χ1v) is 13.8. The lowest BCUT2D eigenvalue weighted by atomic mass is 9.94. The summed E-state index contributed by atoms with van der Waals surface area (Å²) in [6, 6.07) is 13.9. The van der Waals surface area contributed by atoms with Gasteiger partial charge in [-0.1, -0.05) is 63.4 Å². The molecule has 0 aliphatic carbocycles. The Balaban J connectivity index is 1.35. The number of hydrogen-bond donors (Lipinski definition) is 1. The van der Waals surface area contributed by atoms with Crippen molar-refractivity contribution < 1.29 is 9.18 Å². The van der Waals surface area contributed by atoms with E-state index in [1.807, 2.05) is 29.6 Å². The monoisotopic (exact) mass is 493 g/mol. The minimum absolute atomic E-state index is 0.207. The second kappa shape index (κ2) is 12.4. The number of anilines is 1. The lowest BCUT2D eigenvalue weighted by Gasteiger charge is -2.33. The van der Waals surface area contributed by atoms with Crippen LogP contribution in [0.25, 0.3) is 11.1 Å². The Morgan fingerprint density at radius 1 is 1.14 bits per heavy atom. The van der Waals surface area contributed by atoms with Gasteiger partial charge in [-0.3, -0.25) is 4.79 Å². The minimum Gasteiger partial charge on any atom is -0.320 e.